The van der Waals surface area contributed by atoms with Crippen LogP contribution in [0.4, 0.5) is 5.69 Å². The summed E-state index contributed by atoms with van der Waals surface area (Å²) in [6.45, 7) is 0.425. The zero-order valence-electron chi connectivity index (χ0n) is 17.2. The lowest BCUT2D eigenvalue weighted by molar-refractivity contribution is -0.113. The summed E-state index contributed by atoms with van der Waals surface area (Å²) in [6.07, 6.45) is 1.79. The van der Waals surface area contributed by atoms with Crippen molar-refractivity contribution in [2.75, 3.05) is 12.0 Å². The van der Waals surface area contributed by atoms with E-state index in [0.717, 1.165) is 14.7 Å². The Morgan fingerprint density at radius 2 is 1.85 bits per heavy atom. The van der Waals surface area contributed by atoms with Crippen LogP contribution in [0.1, 0.15) is 11.1 Å². The van der Waals surface area contributed by atoms with E-state index >= 15 is 0 Å². The third-order valence-electron chi connectivity index (χ3n) is 4.73. The first kappa shape index (κ1) is 24.3. The molecule has 1 aliphatic heterocycles. The average Bonchev–Trinajstić information content (AvgIpc) is 3.08. The molecule has 0 saturated carbocycles. The molecule has 0 unspecified atom stereocenters. The Hall–Kier alpha value is -1.78. The fourth-order valence-electron chi connectivity index (χ4n) is 3.16. The van der Waals surface area contributed by atoms with Crippen LogP contribution in [0.3, 0.4) is 0 Å². The van der Waals surface area contributed by atoms with Crippen molar-refractivity contribution in [1.82, 2.24) is 0 Å². The molecule has 4 rings (SSSR count). The van der Waals surface area contributed by atoms with Crippen LogP contribution >= 0.6 is 69.8 Å². The topological polar surface area (TPSA) is 38.8 Å². The van der Waals surface area contributed by atoms with Crippen molar-refractivity contribution in [3.63, 3.8) is 0 Å². The minimum Gasteiger partial charge on any atom is -0.493 e. The number of hydrogen-bond acceptors (Lipinski definition) is 5. The molecular formula is C24H16Cl2INO3S2. The van der Waals surface area contributed by atoms with Crippen LogP contribution in [-0.4, -0.2) is 17.3 Å². The summed E-state index contributed by atoms with van der Waals surface area (Å²) in [7, 11) is 1.59. The Labute approximate surface area is 225 Å². The van der Waals surface area contributed by atoms with Crippen LogP contribution in [0.15, 0.2) is 65.6 Å². The number of rotatable bonds is 6. The molecular weight excluding hydrogens is 612 g/mol. The van der Waals surface area contributed by atoms with Gasteiger partial charge in [-0.1, -0.05) is 77.5 Å². The van der Waals surface area contributed by atoms with Crippen LogP contribution in [0.2, 0.25) is 10.0 Å². The molecule has 1 fully saturated rings. The highest BCUT2D eigenvalue weighted by molar-refractivity contribution is 14.1. The molecule has 0 aliphatic carbocycles. The fourth-order valence-corrected chi connectivity index (χ4v) is 5.53. The molecule has 0 bridgehead atoms. The van der Waals surface area contributed by atoms with E-state index in [1.54, 1.807) is 31.4 Å². The number of carbonyl (C=O) groups excluding carboxylic acids is 1. The van der Waals surface area contributed by atoms with Crippen LogP contribution in [0, 0.1) is 3.57 Å². The Bertz CT molecular complexity index is 1270. The highest BCUT2D eigenvalue weighted by atomic mass is 127. The first-order valence-corrected chi connectivity index (χ1v) is 12.7. The molecule has 0 atom stereocenters. The predicted octanol–water partition coefficient (Wildman–Crippen LogP) is 7.59. The lowest BCUT2D eigenvalue weighted by atomic mass is 10.1. The minimum absolute atomic E-state index is 0.221. The second-order valence-corrected chi connectivity index (χ2v) is 10.6. The van der Waals surface area contributed by atoms with Gasteiger partial charge in [0, 0.05) is 0 Å². The van der Waals surface area contributed by atoms with Gasteiger partial charge in [-0.2, -0.15) is 0 Å². The SMILES string of the molecule is COc1cc(/C=C2\SC(=S)N(c3ccc(Cl)c(Cl)c3)C2=O)cc(I)c1OCc1ccccc1. The molecule has 0 radical (unpaired) electrons. The second-order valence-electron chi connectivity index (χ2n) is 6.92. The average molecular weight is 628 g/mol. The maximum absolute atomic E-state index is 13.1. The number of nitrogens with zero attached hydrogens (tertiary/aromatic N) is 1. The molecule has 1 aliphatic rings. The van der Waals surface area contributed by atoms with Crippen LogP contribution in [0.25, 0.3) is 6.08 Å². The van der Waals surface area contributed by atoms with Gasteiger partial charge in [0.1, 0.15) is 6.61 Å². The molecule has 33 heavy (non-hydrogen) atoms. The third-order valence-corrected chi connectivity index (χ3v) is 7.57. The Balaban J connectivity index is 1.59. The van der Waals surface area contributed by atoms with Crippen molar-refractivity contribution >= 4 is 91.8 Å². The maximum atomic E-state index is 13.1. The van der Waals surface area contributed by atoms with Gasteiger partial charge in [0.25, 0.3) is 5.91 Å². The maximum Gasteiger partial charge on any atom is 0.270 e. The standard InChI is InChI=1S/C24H16Cl2INO3S2/c1-30-20-10-15(9-19(27)22(20)31-13-14-5-3-2-4-6-14)11-21-23(29)28(24(32)33-21)16-7-8-17(25)18(26)12-16/h2-12H,13H2,1H3/b21-11-. The lowest BCUT2D eigenvalue weighted by Gasteiger charge is -2.15. The molecule has 3 aromatic carbocycles. The first-order chi connectivity index (χ1) is 15.9. The van der Waals surface area contributed by atoms with Crippen molar-refractivity contribution in [2.45, 2.75) is 6.61 Å². The van der Waals surface area contributed by atoms with E-state index in [0.29, 0.717) is 43.1 Å². The minimum atomic E-state index is -0.221. The van der Waals surface area contributed by atoms with Crippen LogP contribution < -0.4 is 14.4 Å². The summed E-state index contributed by atoms with van der Waals surface area (Å²) in [5.41, 5.74) is 2.44. The number of amides is 1. The molecule has 0 spiro atoms. The monoisotopic (exact) mass is 627 g/mol. The first-order valence-electron chi connectivity index (χ1n) is 9.64. The number of thiocarbonyl (C=S) groups is 1. The normalized spacial score (nSPS) is 14.8. The Kier molecular flexibility index (Phi) is 7.86. The summed E-state index contributed by atoms with van der Waals surface area (Å²) in [5, 5.41) is 0.773. The zero-order chi connectivity index (χ0) is 23.5. The van der Waals surface area contributed by atoms with Gasteiger partial charge in [-0.05, 0) is 70.1 Å². The molecule has 0 aromatic heterocycles. The highest BCUT2D eigenvalue weighted by Gasteiger charge is 2.33. The van der Waals surface area contributed by atoms with Gasteiger partial charge in [-0.15, -0.1) is 0 Å². The van der Waals surface area contributed by atoms with E-state index in [-0.39, 0.29) is 5.91 Å². The van der Waals surface area contributed by atoms with Crippen molar-refractivity contribution < 1.29 is 14.3 Å². The van der Waals surface area contributed by atoms with E-state index in [1.165, 1.54) is 16.7 Å². The van der Waals surface area contributed by atoms with E-state index in [1.807, 2.05) is 42.5 Å². The summed E-state index contributed by atoms with van der Waals surface area (Å²) < 4.78 is 12.9. The molecule has 0 N–H and O–H groups in total. The van der Waals surface area contributed by atoms with Crippen molar-refractivity contribution in [3.8, 4) is 11.5 Å². The van der Waals surface area contributed by atoms with Crippen LogP contribution in [0.5, 0.6) is 11.5 Å². The number of anilines is 1. The number of benzene rings is 3. The number of thioether (sulfide) groups is 1. The van der Waals surface area contributed by atoms with Crippen LogP contribution in [-0.2, 0) is 11.4 Å². The number of carbonyl (C=O) groups is 1. The molecule has 4 nitrogen and oxygen atoms in total. The lowest BCUT2D eigenvalue weighted by Crippen LogP contribution is -2.27. The number of hydrogen-bond donors (Lipinski definition) is 0. The van der Waals surface area contributed by atoms with Gasteiger partial charge in [0.2, 0.25) is 0 Å². The van der Waals surface area contributed by atoms with E-state index in [4.69, 9.17) is 44.9 Å². The zero-order valence-corrected chi connectivity index (χ0v) is 22.5. The quantitative estimate of drug-likeness (QED) is 0.160. The molecule has 1 saturated heterocycles. The molecule has 3 aromatic rings. The Morgan fingerprint density at radius 1 is 1.09 bits per heavy atom. The number of methoxy groups -OCH3 is 1. The van der Waals surface area contributed by atoms with Gasteiger partial charge in [-0.25, -0.2) is 0 Å². The third kappa shape index (κ3) is 5.49. The van der Waals surface area contributed by atoms with Crippen molar-refractivity contribution in [2.24, 2.45) is 0 Å². The van der Waals surface area contributed by atoms with E-state index < -0.39 is 0 Å². The fraction of sp³-hybridized carbons (Fsp3) is 0.0833. The van der Waals surface area contributed by atoms with Gasteiger partial charge in [0.15, 0.2) is 15.8 Å². The molecule has 168 valence electrons. The van der Waals surface area contributed by atoms with Gasteiger partial charge in [-0.3, -0.25) is 9.69 Å². The highest BCUT2D eigenvalue weighted by Crippen LogP contribution is 2.40. The summed E-state index contributed by atoms with van der Waals surface area (Å²) in [5.74, 6) is 1.02. The van der Waals surface area contributed by atoms with E-state index in [2.05, 4.69) is 22.6 Å². The second kappa shape index (κ2) is 10.7. The number of halogens is 3. The summed E-state index contributed by atoms with van der Waals surface area (Å²) in [6, 6.07) is 18.7. The predicted molar refractivity (Wildman–Crippen MR) is 149 cm³/mol. The molecule has 1 amide bonds. The van der Waals surface area contributed by atoms with Crippen molar-refractivity contribution in [1.29, 1.82) is 0 Å². The molecule has 9 heteroatoms. The smallest absolute Gasteiger partial charge is 0.270 e. The summed E-state index contributed by atoms with van der Waals surface area (Å²) in [4.78, 5) is 15.1. The van der Waals surface area contributed by atoms with Gasteiger partial charge < -0.3 is 9.47 Å². The van der Waals surface area contributed by atoms with E-state index in [9.17, 15) is 4.79 Å². The number of ether oxygens (including phenoxy) is 2. The molecule has 1 heterocycles. The van der Waals surface area contributed by atoms with Gasteiger partial charge in [0.05, 0.1) is 31.3 Å². The van der Waals surface area contributed by atoms with Crippen molar-refractivity contribution in [3.05, 3.63) is 90.3 Å². The largest absolute Gasteiger partial charge is 0.493 e. The summed E-state index contributed by atoms with van der Waals surface area (Å²) >= 11 is 21.0. The van der Waals surface area contributed by atoms with Gasteiger partial charge >= 0.3 is 0 Å². The Morgan fingerprint density at radius 3 is 2.55 bits per heavy atom.